The predicted octanol–water partition coefficient (Wildman–Crippen LogP) is 2.98. The summed E-state index contributed by atoms with van der Waals surface area (Å²) in [7, 11) is 0. The number of benzene rings is 1. The third-order valence-electron chi connectivity index (χ3n) is 7.16. The molecule has 3 aromatic rings. The molecule has 1 aromatic carbocycles. The smallest absolute Gasteiger partial charge is 0.241 e. The molecule has 176 valence electrons. The van der Waals surface area contributed by atoms with Crippen molar-refractivity contribution < 1.29 is 14.1 Å². The van der Waals surface area contributed by atoms with E-state index in [1.165, 1.54) is 17.5 Å². The number of piperazine rings is 1. The van der Waals surface area contributed by atoms with Crippen LogP contribution in [0.2, 0.25) is 0 Å². The predicted molar refractivity (Wildman–Crippen MR) is 128 cm³/mol. The number of anilines is 1. The fraction of sp³-hybridized carbons (Fsp3) is 0.440. The molecule has 0 bridgehead atoms. The van der Waals surface area contributed by atoms with Gasteiger partial charge in [0.1, 0.15) is 0 Å². The van der Waals surface area contributed by atoms with Crippen molar-refractivity contribution in [3.63, 3.8) is 0 Å². The van der Waals surface area contributed by atoms with Gasteiger partial charge in [0.15, 0.2) is 0 Å². The molecule has 0 saturated carbocycles. The highest BCUT2D eigenvalue weighted by Gasteiger charge is 2.38. The van der Waals surface area contributed by atoms with Crippen molar-refractivity contribution >= 4 is 28.8 Å². The molecule has 0 N–H and O–H groups in total. The van der Waals surface area contributed by atoms with Crippen LogP contribution >= 0.6 is 11.3 Å². The van der Waals surface area contributed by atoms with Crippen LogP contribution in [-0.2, 0) is 29.0 Å². The summed E-state index contributed by atoms with van der Waals surface area (Å²) in [6.45, 7) is 3.84. The molecule has 0 radical (unpaired) electrons. The summed E-state index contributed by atoms with van der Waals surface area (Å²) in [5, 5.41) is 8.06. The number of aryl methyl sites for hydroxylation is 2. The zero-order chi connectivity index (χ0) is 23.1. The second kappa shape index (κ2) is 8.96. The van der Waals surface area contributed by atoms with Crippen molar-refractivity contribution in [3.8, 4) is 11.4 Å². The Balaban J connectivity index is 1.03. The Hall–Kier alpha value is -3.04. The molecule has 0 spiro atoms. The van der Waals surface area contributed by atoms with Gasteiger partial charge in [-0.25, -0.2) is 0 Å². The Morgan fingerprint density at radius 3 is 2.79 bits per heavy atom. The highest BCUT2D eigenvalue weighted by atomic mass is 32.1. The first-order valence-corrected chi connectivity index (χ1v) is 12.9. The minimum Gasteiger partial charge on any atom is -0.340 e. The number of carbonyl (C=O) groups is 2. The zero-order valence-electron chi connectivity index (χ0n) is 19.0. The molecule has 3 aliphatic rings. The molecule has 6 rings (SSSR count). The second-order valence-corrected chi connectivity index (χ2v) is 10.1. The number of carbonyl (C=O) groups excluding carboxylic acids is 2. The van der Waals surface area contributed by atoms with Crippen LogP contribution in [0, 0.1) is 5.92 Å². The van der Waals surface area contributed by atoms with E-state index in [1.54, 1.807) is 16.2 Å². The second-order valence-electron chi connectivity index (χ2n) is 9.34. The van der Waals surface area contributed by atoms with E-state index in [4.69, 9.17) is 4.52 Å². The largest absolute Gasteiger partial charge is 0.340 e. The van der Waals surface area contributed by atoms with Gasteiger partial charge in [-0.1, -0.05) is 11.2 Å². The molecule has 34 heavy (non-hydrogen) atoms. The Bertz CT molecular complexity index is 1200. The first-order valence-electron chi connectivity index (χ1n) is 11.9. The lowest BCUT2D eigenvalue weighted by Crippen LogP contribution is -2.50. The average Bonchev–Trinajstić information content (AvgIpc) is 3.65. The molecule has 1 atom stereocenters. The zero-order valence-corrected chi connectivity index (χ0v) is 19.8. The van der Waals surface area contributed by atoms with Crippen LogP contribution in [0.25, 0.3) is 11.4 Å². The van der Waals surface area contributed by atoms with Crippen LogP contribution < -0.4 is 4.90 Å². The lowest BCUT2D eigenvalue weighted by atomic mass is 10.1. The third kappa shape index (κ3) is 4.14. The van der Waals surface area contributed by atoms with Gasteiger partial charge in [-0.2, -0.15) is 16.3 Å². The molecular formula is C25H27N5O3S. The maximum absolute atomic E-state index is 13.2. The molecule has 2 fully saturated rings. The van der Waals surface area contributed by atoms with Gasteiger partial charge in [0, 0.05) is 55.8 Å². The van der Waals surface area contributed by atoms with E-state index >= 15 is 0 Å². The maximum atomic E-state index is 13.2. The van der Waals surface area contributed by atoms with Gasteiger partial charge in [-0.3, -0.25) is 14.5 Å². The minimum absolute atomic E-state index is 0.0488. The van der Waals surface area contributed by atoms with Gasteiger partial charge >= 0.3 is 0 Å². The number of thiophene rings is 1. The van der Waals surface area contributed by atoms with Gasteiger partial charge < -0.3 is 14.3 Å². The van der Waals surface area contributed by atoms with E-state index in [0.29, 0.717) is 44.3 Å². The van der Waals surface area contributed by atoms with Gasteiger partial charge in [-0.05, 0) is 54.0 Å². The average molecular weight is 478 g/mol. The number of hydrogen-bond donors (Lipinski definition) is 0. The Kier molecular flexibility index (Phi) is 5.66. The number of aromatic nitrogens is 2. The van der Waals surface area contributed by atoms with Gasteiger partial charge in [0.05, 0.1) is 12.5 Å². The summed E-state index contributed by atoms with van der Waals surface area (Å²) in [5.41, 5.74) is 4.65. The molecule has 2 amide bonds. The lowest BCUT2D eigenvalue weighted by Gasteiger charge is -2.35. The molecule has 2 aromatic heterocycles. The van der Waals surface area contributed by atoms with Crippen molar-refractivity contribution in [2.45, 2.75) is 32.2 Å². The summed E-state index contributed by atoms with van der Waals surface area (Å²) in [4.78, 5) is 36.4. The highest BCUT2D eigenvalue weighted by molar-refractivity contribution is 7.08. The van der Waals surface area contributed by atoms with Crippen molar-refractivity contribution in [2.75, 3.05) is 37.6 Å². The van der Waals surface area contributed by atoms with Gasteiger partial charge in [0.2, 0.25) is 23.5 Å². The van der Waals surface area contributed by atoms with E-state index in [2.05, 4.69) is 27.2 Å². The molecular weight excluding hydrogens is 450 g/mol. The van der Waals surface area contributed by atoms with E-state index in [1.807, 2.05) is 27.8 Å². The maximum Gasteiger partial charge on any atom is 0.241 e. The van der Waals surface area contributed by atoms with Crippen LogP contribution in [-0.4, -0.2) is 64.5 Å². The summed E-state index contributed by atoms with van der Waals surface area (Å²) in [5.74, 6) is 1.08. The number of nitrogens with zero attached hydrogens (tertiary/aromatic N) is 5. The fourth-order valence-electron chi connectivity index (χ4n) is 5.25. The molecule has 1 aliphatic carbocycles. The fourth-order valence-corrected chi connectivity index (χ4v) is 5.89. The number of hydrogen-bond acceptors (Lipinski definition) is 7. The number of fused-ring (bicyclic) bond motifs is 1. The molecule has 8 nitrogen and oxygen atoms in total. The third-order valence-corrected chi connectivity index (χ3v) is 7.84. The topological polar surface area (TPSA) is 82.8 Å². The monoisotopic (exact) mass is 477 g/mol. The van der Waals surface area contributed by atoms with E-state index in [9.17, 15) is 9.59 Å². The van der Waals surface area contributed by atoms with Crippen LogP contribution in [0.1, 0.15) is 29.9 Å². The summed E-state index contributed by atoms with van der Waals surface area (Å²) >= 11 is 1.60. The van der Waals surface area contributed by atoms with Gasteiger partial charge in [0.25, 0.3) is 0 Å². The van der Waals surface area contributed by atoms with Crippen LogP contribution in [0.3, 0.4) is 0 Å². The summed E-state index contributed by atoms with van der Waals surface area (Å²) in [6.07, 6.45) is 3.68. The van der Waals surface area contributed by atoms with Crippen molar-refractivity contribution in [3.05, 3.63) is 52.0 Å². The highest BCUT2D eigenvalue weighted by Crippen LogP contribution is 2.31. The Morgan fingerprint density at radius 2 is 1.97 bits per heavy atom. The molecule has 1 unspecified atom stereocenters. The van der Waals surface area contributed by atoms with Crippen LogP contribution in [0.4, 0.5) is 5.69 Å². The van der Waals surface area contributed by atoms with E-state index < -0.39 is 0 Å². The first kappa shape index (κ1) is 21.5. The first-order chi connectivity index (χ1) is 16.6. The normalized spacial score (nSPS) is 20.8. The van der Waals surface area contributed by atoms with Crippen molar-refractivity contribution in [1.82, 2.24) is 19.9 Å². The molecule has 2 aliphatic heterocycles. The number of amides is 2. The molecule has 4 heterocycles. The quantitative estimate of drug-likeness (QED) is 0.562. The lowest BCUT2D eigenvalue weighted by molar-refractivity contribution is -0.137. The Morgan fingerprint density at radius 1 is 1.12 bits per heavy atom. The SMILES string of the molecule is O=C(C1CC(=O)N(c2ccc3c(c2)CCC3)C1)N1CCN(Cc2nc(-c3ccsc3)no2)CC1. The number of rotatable bonds is 5. The minimum atomic E-state index is -0.267. The summed E-state index contributed by atoms with van der Waals surface area (Å²) < 4.78 is 5.42. The summed E-state index contributed by atoms with van der Waals surface area (Å²) in [6, 6.07) is 8.30. The van der Waals surface area contributed by atoms with Crippen molar-refractivity contribution in [2.24, 2.45) is 5.92 Å². The van der Waals surface area contributed by atoms with E-state index in [0.717, 1.165) is 37.2 Å². The van der Waals surface area contributed by atoms with Crippen molar-refractivity contribution in [1.29, 1.82) is 0 Å². The Labute approximate surface area is 202 Å². The molecule has 2 saturated heterocycles. The van der Waals surface area contributed by atoms with E-state index in [-0.39, 0.29) is 17.7 Å². The van der Waals surface area contributed by atoms with Crippen LogP contribution in [0.5, 0.6) is 0 Å². The standard InChI is InChI=1S/C25H27N5O3S/c31-23-13-20(14-30(23)21-5-4-17-2-1-3-18(17)12-21)25(32)29-9-7-28(8-10-29)15-22-26-24(27-33-22)19-6-11-34-16-19/h4-6,11-12,16,20H,1-3,7-10,13-15H2. The van der Waals surface area contributed by atoms with Gasteiger partial charge in [-0.15, -0.1) is 0 Å². The van der Waals surface area contributed by atoms with Crippen LogP contribution in [0.15, 0.2) is 39.5 Å². The molecule has 9 heteroatoms.